The lowest BCUT2D eigenvalue weighted by Crippen LogP contribution is -2.49. The van der Waals surface area contributed by atoms with Gasteiger partial charge in [-0.25, -0.2) is 0 Å². The van der Waals surface area contributed by atoms with E-state index in [4.69, 9.17) is 4.74 Å². The fourth-order valence-corrected chi connectivity index (χ4v) is 3.48. The first-order valence-corrected chi connectivity index (χ1v) is 8.94. The predicted octanol–water partition coefficient (Wildman–Crippen LogP) is 3.24. The van der Waals surface area contributed by atoms with E-state index in [0.717, 1.165) is 18.4 Å². The number of hydrogen-bond acceptors (Lipinski definition) is 3. The van der Waals surface area contributed by atoms with Gasteiger partial charge in [-0.1, -0.05) is 0 Å². The minimum Gasteiger partial charge on any atom is -0.376 e. The minimum atomic E-state index is 0.0289. The molecule has 0 bridgehead atoms. The Bertz CT molecular complexity index is 297. The van der Waals surface area contributed by atoms with E-state index < -0.39 is 0 Å². The molecule has 2 rings (SSSR count). The zero-order valence-corrected chi connectivity index (χ0v) is 14.9. The van der Waals surface area contributed by atoms with Gasteiger partial charge in [-0.3, -0.25) is 4.90 Å². The van der Waals surface area contributed by atoms with Crippen LogP contribution in [0.2, 0.25) is 0 Å². The quantitative estimate of drug-likeness (QED) is 0.748. The molecule has 21 heavy (non-hydrogen) atoms. The zero-order chi connectivity index (χ0) is 15.5. The monoisotopic (exact) mass is 296 g/mol. The average molecular weight is 296 g/mol. The number of piperazine rings is 1. The zero-order valence-electron chi connectivity index (χ0n) is 14.9. The largest absolute Gasteiger partial charge is 0.376 e. The molecule has 0 spiro atoms. The van der Waals surface area contributed by atoms with E-state index in [-0.39, 0.29) is 5.60 Å². The summed E-state index contributed by atoms with van der Waals surface area (Å²) in [5.41, 5.74) is 0.0289. The van der Waals surface area contributed by atoms with Crippen LogP contribution < -0.4 is 0 Å². The molecule has 0 aromatic carbocycles. The second-order valence-electron chi connectivity index (χ2n) is 8.39. The van der Waals surface area contributed by atoms with Gasteiger partial charge in [0, 0.05) is 32.2 Å². The highest BCUT2D eigenvalue weighted by atomic mass is 16.5. The highest BCUT2D eigenvalue weighted by Gasteiger charge is 2.30. The Morgan fingerprint density at radius 3 is 2.14 bits per heavy atom. The Kier molecular flexibility index (Phi) is 6.10. The molecule has 124 valence electrons. The lowest BCUT2D eigenvalue weighted by molar-refractivity contribution is -0.0480. The van der Waals surface area contributed by atoms with Gasteiger partial charge >= 0.3 is 0 Å². The second-order valence-corrected chi connectivity index (χ2v) is 8.39. The van der Waals surface area contributed by atoms with Gasteiger partial charge in [-0.2, -0.15) is 0 Å². The van der Waals surface area contributed by atoms with Gasteiger partial charge in [0.15, 0.2) is 0 Å². The fourth-order valence-electron chi connectivity index (χ4n) is 3.48. The molecule has 1 saturated heterocycles. The summed E-state index contributed by atoms with van der Waals surface area (Å²) in [7, 11) is 0. The molecule has 0 amide bonds. The smallest absolute Gasteiger partial charge is 0.0598 e. The summed E-state index contributed by atoms with van der Waals surface area (Å²) in [5.74, 6) is 1.79. The van der Waals surface area contributed by atoms with Crippen LogP contribution in [0.5, 0.6) is 0 Å². The number of ether oxygens (including phenoxy) is 1. The Morgan fingerprint density at radius 2 is 1.62 bits per heavy atom. The van der Waals surface area contributed by atoms with Crippen molar-refractivity contribution in [3.63, 3.8) is 0 Å². The highest BCUT2D eigenvalue weighted by molar-refractivity contribution is 4.82. The van der Waals surface area contributed by atoms with E-state index in [2.05, 4.69) is 44.4 Å². The molecule has 2 fully saturated rings. The average Bonchev–Trinajstić information content (AvgIpc) is 2.35. The summed E-state index contributed by atoms with van der Waals surface area (Å²) in [6.45, 7) is 18.4. The van der Waals surface area contributed by atoms with Gasteiger partial charge in [-0.05, 0) is 72.3 Å². The molecule has 2 aliphatic rings. The summed E-state index contributed by atoms with van der Waals surface area (Å²) in [4.78, 5) is 5.26. The van der Waals surface area contributed by atoms with Crippen molar-refractivity contribution in [1.29, 1.82) is 0 Å². The van der Waals surface area contributed by atoms with E-state index in [1.54, 1.807) is 0 Å². The number of hydrogen-bond donors (Lipinski definition) is 0. The molecule has 0 aromatic rings. The van der Waals surface area contributed by atoms with E-state index in [1.165, 1.54) is 52.0 Å². The van der Waals surface area contributed by atoms with E-state index >= 15 is 0 Å². The van der Waals surface area contributed by atoms with Crippen molar-refractivity contribution in [3.8, 4) is 0 Å². The van der Waals surface area contributed by atoms with Crippen LogP contribution in [-0.4, -0.2) is 60.8 Å². The maximum Gasteiger partial charge on any atom is 0.0598 e. The van der Waals surface area contributed by atoms with Crippen molar-refractivity contribution < 1.29 is 4.74 Å². The van der Waals surface area contributed by atoms with E-state index in [1.807, 2.05) is 0 Å². The molecular formula is C18H36N2O. The topological polar surface area (TPSA) is 15.7 Å². The lowest BCUT2D eigenvalue weighted by atomic mass is 9.73. The molecule has 3 nitrogen and oxygen atoms in total. The molecule has 1 heterocycles. The fraction of sp³-hybridized carbons (Fsp3) is 1.00. The summed E-state index contributed by atoms with van der Waals surface area (Å²) >= 11 is 0. The van der Waals surface area contributed by atoms with E-state index in [0.29, 0.717) is 6.04 Å². The van der Waals surface area contributed by atoms with Crippen molar-refractivity contribution >= 4 is 0 Å². The van der Waals surface area contributed by atoms with Crippen LogP contribution in [0.4, 0.5) is 0 Å². The predicted molar refractivity (Wildman–Crippen MR) is 89.7 cm³/mol. The van der Waals surface area contributed by atoms with Gasteiger partial charge in [-0.15, -0.1) is 0 Å². The molecule has 1 aliphatic heterocycles. The van der Waals surface area contributed by atoms with E-state index in [9.17, 15) is 0 Å². The maximum absolute atomic E-state index is 5.89. The molecule has 0 atom stereocenters. The summed E-state index contributed by atoms with van der Waals surface area (Å²) in [6, 6.07) is 0.711. The van der Waals surface area contributed by atoms with Crippen LogP contribution in [0.15, 0.2) is 0 Å². The summed E-state index contributed by atoms with van der Waals surface area (Å²) in [6.07, 6.45) is 4.18. The molecule has 0 radical (unpaired) electrons. The SMILES string of the molecule is CC(C)N1CCN(CCC2CC(COC(C)(C)C)C2)CC1. The first-order valence-electron chi connectivity index (χ1n) is 8.94. The van der Waals surface area contributed by atoms with Gasteiger partial charge in [0.05, 0.1) is 12.2 Å². The highest BCUT2D eigenvalue weighted by Crippen LogP contribution is 2.37. The van der Waals surface area contributed by atoms with Crippen LogP contribution in [0.1, 0.15) is 53.9 Å². The van der Waals surface area contributed by atoms with Crippen LogP contribution in [0, 0.1) is 11.8 Å². The minimum absolute atomic E-state index is 0.0289. The maximum atomic E-state index is 5.89. The first-order chi connectivity index (χ1) is 9.83. The third-order valence-corrected chi connectivity index (χ3v) is 5.08. The normalized spacial score (nSPS) is 28.9. The molecule has 0 aromatic heterocycles. The van der Waals surface area contributed by atoms with Gasteiger partial charge < -0.3 is 9.64 Å². The van der Waals surface area contributed by atoms with Crippen LogP contribution in [-0.2, 0) is 4.74 Å². The molecule has 0 N–H and O–H groups in total. The number of rotatable bonds is 6. The Hall–Kier alpha value is -0.120. The van der Waals surface area contributed by atoms with Crippen molar-refractivity contribution in [2.45, 2.75) is 65.5 Å². The third-order valence-electron chi connectivity index (χ3n) is 5.08. The van der Waals surface area contributed by atoms with Crippen LogP contribution in [0.25, 0.3) is 0 Å². The first kappa shape index (κ1) is 17.2. The van der Waals surface area contributed by atoms with Gasteiger partial charge in [0.2, 0.25) is 0 Å². The van der Waals surface area contributed by atoms with Gasteiger partial charge in [0.1, 0.15) is 0 Å². The molecule has 0 unspecified atom stereocenters. The Labute approximate surface area is 132 Å². The van der Waals surface area contributed by atoms with Gasteiger partial charge in [0.25, 0.3) is 0 Å². The molecular weight excluding hydrogens is 260 g/mol. The second kappa shape index (κ2) is 7.43. The van der Waals surface area contributed by atoms with Crippen LogP contribution in [0.3, 0.4) is 0 Å². The standard InChI is InChI=1S/C18H36N2O/c1-15(2)20-10-8-19(9-11-20)7-6-16-12-17(13-16)14-21-18(3,4)5/h15-17H,6-14H2,1-5H3. The lowest BCUT2D eigenvalue weighted by Gasteiger charge is -2.40. The molecule has 1 saturated carbocycles. The van der Waals surface area contributed by atoms with Crippen molar-refractivity contribution in [2.24, 2.45) is 11.8 Å². The Morgan fingerprint density at radius 1 is 1.00 bits per heavy atom. The summed E-state index contributed by atoms with van der Waals surface area (Å²) < 4.78 is 5.89. The van der Waals surface area contributed by atoms with Crippen molar-refractivity contribution in [3.05, 3.63) is 0 Å². The van der Waals surface area contributed by atoms with Crippen molar-refractivity contribution in [2.75, 3.05) is 39.3 Å². The third kappa shape index (κ3) is 5.88. The number of nitrogens with zero attached hydrogens (tertiary/aromatic N) is 2. The summed E-state index contributed by atoms with van der Waals surface area (Å²) in [5, 5.41) is 0. The molecule has 3 heteroatoms. The Balaban J connectivity index is 1.52. The van der Waals surface area contributed by atoms with Crippen LogP contribution >= 0.6 is 0 Å². The molecule has 1 aliphatic carbocycles. The van der Waals surface area contributed by atoms with Crippen molar-refractivity contribution in [1.82, 2.24) is 9.80 Å².